The van der Waals surface area contributed by atoms with Crippen molar-refractivity contribution in [1.82, 2.24) is 5.48 Å². The van der Waals surface area contributed by atoms with Crippen LogP contribution in [-0.2, 0) is 5.41 Å². The lowest BCUT2D eigenvalue weighted by molar-refractivity contribution is 0.218. The van der Waals surface area contributed by atoms with Gasteiger partial charge in [-0.15, -0.1) is 11.3 Å². The van der Waals surface area contributed by atoms with Gasteiger partial charge in [0.1, 0.15) is 5.84 Å². The van der Waals surface area contributed by atoms with Crippen molar-refractivity contribution in [3.05, 3.63) is 40.3 Å². The number of amidine groups is 2. The number of rotatable bonds is 2. The zero-order chi connectivity index (χ0) is 18.3. The molecule has 0 amide bonds. The first-order valence-corrected chi connectivity index (χ1v) is 9.63. The highest BCUT2D eigenvalue weighted by molar-refractivity contribution is 7.17. The van der Waals surface area contributed by atoms with Crippen LogP contribution in [0.5, 0.6) is 0 Å². The number of thiophene rings is 1. The SMILES string of the molecule is Cc1cc(/C(N)=N\O)sc1-c1ccc2c(c1)C1(CCCCC1)C(NO)=N2. The fraction of sp³-hybridized carbons (Fsp3) is 0.368. The molecule has 2 aromatic rings. The lowest BCUT2D eigenvalue weighted by Gasteiger charge is -2.35. The molecular weight excluding hydrogens is 348 g/mol. The average Bonchev–Trinajstić information content (AvgIpc) is 3.20. The van der Waals surface area contributed by atoms with Gasteiger partial charge in [-0.25, -0.2) is 4.99 Å². The topological polar surface area (TPSA) is 103 Å². The molecule has 1 aliphatic carbocycles. The number of hydroxylamine groups is 1. The standard InChI is InChI=1S/C19H22N4O2S/c1-11-9-15(17(20)22-24)26-16(11)12-5-6-14-13(10-12)19(18(21-14)23-25)7-3-2-4-8-19/h5-6,9-10,24-25H,2-4,7-8H2,1H3,(H2,20,22)(H,21,23). The molecule has 1 spiro atoms. The summed E-state index contributed by atoms with van der Waals surface area (Å²) in [5, 5.41) is 21.7. The van der Waals surface area contributed by atoms with Gasteiger partial charge in [0.15, 0.2) is 5.84 Å². The molecule has 1 aromatic heterocycles. The van der Waals surface area contributed by atoms with Crippen LogP contribution in [0.2, 0.25) is 0 Å². The first kappa shape index (κ1) is 17.1. The molecule has 2 aliphatic rings. The van der Waals surface area contributed by atoms with Gasteiger partial charge in [0.05, 0.1) is 16.0 Å². The zero-order valence-corrected chi connectivity index (χ0v) is 15.4. The second kappa shape index (κ2) is 6.41. The van der Waals surface area contributed by atoms with E-state index < -0.39 is 0 Å². The number of aliphatic imine (C=N–C) groups is 1. The minimum Gasteiger partial charge on any atom is -0.409 e. The molecule has 0 saturated heterocycles. The van der Waals surface area contributed by atoms with Crippen LogP contribution in [0.15, 0.2) is 34.4 Å². The molecule has 1 aliphatic heterocycles. The maximum absolute atomic E-state index is 9.65. The van der Waals surface area contributed by atoms with Crippen LogP contribution in [0.25, 0.3) is 10.4 Å². The maximum Gasteiger partial charge on any atom is 0.180 e. The molecule has 4 rings (SSSR count). The highest BCUT2D eigenvalue weighted by atomic mass is 32.1. The van der Waals surface area contributed by atoms with Gasteiger partial charge in [-0.05, 0) is 54.7 Å². The first-order valence-electron chi connectivity index (χ1n) is 8.81. The van der Waals surface area contributed by atoms with E-state index in [1.54, 1.807) is 0 Å². The molecule has 0 bridgehead atoms. The first-order chi connectivity index (χ1) is 12.6. The smallest absolute Gasteiger partial charge is 0.180 e. The van der Waals surface area contributed by atoms with Gasteiger partial charge < -0.3 is 10.9 Å². The van der Waals surface area contributed by atoms with Crippen molar-refractivity contribution >= 4 is 28.7 Å². The summed E-state index contributed by atoms with van der Waals surface area (Å²) in [4.78, 5) is 6.49. The van der Waals surface area contributed by atoms with Crippen LogP contribution >= 0.6 is 11.3 Å². The Morgan fingerprint density at radius 3 is 2.73 bits per heavy atom. The van der Waals surface area contributed by atoms with Gasteiger partial charge in [-0.3, -0.25) is 10.7 Å². The van der Waals surface area contributed by atoms with Gasteiger partial charge in [0.2, 0.25) is 0 Å². The van der Waals surface area contributed by atoms with Gasteiger partial charge >= 0.3 is 0 Å². The predicted octanol–water partition coefficient (Wildman–Crippen LogP) is 4.04. The second-order valence-electron chi connectivity index (χ2n) is 7.05. The van der Waals surface area contributed by atoms with Gasteiger partial charge in [-0.2, -0.15) is 0 Å². The number of benzene rings is 1. The Bertz CT molecular complexity index is 910. The number of fused-ring (bicyclic) bond motifs is 2. The number of hydrogen-bond donors (Lipinski definition) is 4. The van der Waals surface area contributed by atoms with Crippen LogP contribution in [0.4, 0.5) is 5.69 Å². The third kappa shape index (κ3) is 2.50. The number of nitrogens with one attached hydrogen (secondary N) is 1. The Labute approximate surface area is 156 Å². The summed E-state index contributed by atoms with van der Waals surface area (Å²) in [7, 11) is 0. The fourth-order valence-electron chi connectivity index (χ4n) is 4.25. The third-order valence-electron chi connectivity index (χ3n) is 5.55. The zero-order valence-electron chi connectivity index (χ0n) is 14.6. The van der Waals surface area contributed by atoms with Crippen molar-refractivity contribution in [2.24, 2.45) is 15.9 Å². The van der Waals surface area contributed by atoms with E-state index in [9.17, 15) is 5.21 Å². The number of nitrogens with zero attached hydrogens (tertiary/aromatic N) is 2. The molecule has 0 atom stereocenters. The lowest BCUT2D eigenvalue weighted by Crippen LogP contribution is -2.42. The molecule has 1 aromatic carbocycles. The minimum absolute atomic E-state index is 0.129. The van der Waals surface area contributed by atoms with E-state index in [1.807, 2.05) is 25.1 Å². The van der Waals surface area contributed by atoms with Gasteiger partial charge in [0, 0.05) is 4.88 Å². The van der Waals surface area contributed by atoms with Crippen LogP contribution in [0.1, 0.15) is 48.1 Å². The van der Waals surface area contributed by atoms with Gasteiger partial charge in [0.25, 0.3) is 0 Å². The van der Waals surface area contributed by atoms with Crippen molar-refractivity contribution in [2.75, 3.05) is 0 Å². The van der Waals surface area contributed by atoms with Gasteiger partial charge in [-0.1, -0.05) is 30.5 Å². The van der Waals surface area contributed by atoms with E-state index in [0.29, 0.717) is 5.84 Å². The van der Waals surface area contributed by atoms with Crippen LogP contribution < -0.4 is 11.2 Å². The van der Waals surface area contributed by atoms with E-state index in [0.717, 1.165) is 52.3 Å². The van der Waals surface area contributed by atoms with E-state index in [1.165, 1.54) is 23.3 Å². The third-order valence-corrected chi connectivity index (χ3v) is 6.86. The number of hydrogen-bond acceptors (Lipinski definition) is 6. The largest absolute Gasteiger partial charge is 0.409 e. The van der Waals surface area contributed by atoms with Crippen LogP contribution in [0, 0.1) is 6.92 Å². The van der Waals surface area contributed by atoms with Crippen LogP contribution in [0.3, 0.4) is 0 Å². The minimum atomic E-state index is -0.210. The molecule has 1 fully saturated rings. The normalized spacial score (nSPS) is 18.7. The summed E-state index contributed by atoms with van der Waals surface area (Å²) >= 11 is 1.51. The Balaban J connectivity index is 1.80. The molecule has 0 radical (unpaired) electrons. The molecule has 7 heteroatoms. The van der Waals surface area contributed by atoms with Crippen molar-refractivity contribution in [3.63, 3.8) is 0 Å². The Kier molecular flexibility index (Phi) is 4.20. The summed E-state index contributed by atoms with van der Waals surface area (Å²) in [5.41, 5.74) is 12.2. The van der Waals surface area contributed by atoms with E-state index >= 15 is 0 Å². The van der Waals surface area contributed by atoms with E-state index in [4.69, 9.17) is 10.9 Å². The molecule has 5 N–H and O–H groups in total. The molecule has 6 nitrogen and oxygen atoms in total. The lowest BCUT2D eigenvalue weighted by atomic mass is 9.69. The van der Waals surface area contributed by atoms with Crippen LogP contribution in [-0.4, -0.2) is 22.1 Å². The predicted molar refractivity (Wildman–Crippen MR) is 104 cm³/mol. The number of nitrogens with two attached hydrogens (primary N) is 1. The quantitative estimate of drug-likeness (QED) is 0.277. The average molecular weight is 370 g/mol. The monoisotopic (exact) mass is 370 g/mol. The Morgan fingerprint density at radius 2 is 2.04 bits per heavy atom. The van der Waals surface area contributed by atoms with E-state index in [2.05, 4.69) is 21.7 Å². The summed E-state index contributed by atoms with van der Waals surface area (Å²) < 4.78 is 0. The maximum atomic E-state index is 9.65. The molecule has 26 heavy (non-hydrogen) atoms. The molecule has 136 valence electrons. The highest BCUT2D eigenvalue weighted by Gasteiger charge is 2.44. The van der Waals surface area contributed by atoms with Crippen molar-refractivity contribution in [3.8, 4) is 10.4 Å². The number of oxime groups is 1. The Hall–Kier alpha value is -2.38. The van der Waals surface area contributed by atoms with Crippen molar-refractivity contribution < 1.29 is 10.4 Å². The number of aryl methyl sites for hydroxylation is 1. The summed E-state index contributed by atoms with van der Waals surface area (Å²) in [5.74, 6) is 0.800. The van der Waals surface area contributed by atoms with Crippen molar-refractivity contribution in [2.45, 2.75) is 44.4 Å². The fourth-order valence-corrected chi connectivity index (χ4v) is 5.32. The second-order valence-corrected chi connectivity index (χ2v) is 8.11. The summed E-state index contributed by atoms with van der Waals surface area (Å²) in [6.07, 6.45) is 5.48. The summed E-state index contributed by atoms with van der Waals surface area (Å²) in [6, 6.07) is 8.21. The molecule has 1 saturated carbocycles. The summed E-state index contributed by atoms with van der Waals surface area (Å²) in [6.45, 7) is 2.03. The molecular formula is C19H22N4O2S. The van der Waals surface area contributed by atoms with E-state index in [-0.39, 0.29) is 11.3 Å². The molecule has 0 unspecified atom stereocenters. The van der Waals surface area contributed by atoms with Crippen molar-refractivity contribution in [1.29, 1.82) is 0 Å². The Morgan fingerprint density at radius 1 is 1.27 bits per heavy atom. The highest BCUT2D eigenvalue weighted by Crippen LogP contribution is 2.50. The molecule has 2 heterocycles.